The maximum absolute atomic E-state index is 18.0. The number of benzene rings is 3. The molecule has 1 aromatic heterocycles. The van der Waals surface area contributed by atoms with Gasteiger partial charge in [0.05, 0.1) is 23.2 Å². The molecule has 1 unspecified atom stereocenters. The van der Waals surface area contributed by atoms with Gasteiger partial charge in [0.2, 0.25) is 0 Å². The predicted octanol–water partition coefficient (Wildman–Crippen LogP) is 11.2. The Bertz CT molecular complexity index is 2500. The molecule has 3 aromatic carbocycles. The van der Waals surface area contributed by atoms with E-state index in [-0.39, 0.29) is 60.3 Å². The molecule has 8 rings (SSSR count). The number of halogens is 3. The number of nitrogens with zero attached hydrogens (tertiary/aromatic N) is 5. The van der Waals surface area contributed by atoms with Gasteiger partial charge in [-0.05, 0) is 112 Å². The van der Waals surface area contributed by atoms with Crippen LogP contribution in [0.1, 0.15) is 107 Å². The van der Waals surface area contributed by atoms with E-state index >= 15 is 8.78 Å². The minimum atomic E-state index is -2.32. The third-order valence-electron chi connectivity index (χ3n) is 14.8. The number of methoxy groups -OCH3 is 1. The van der Waals surface area contributed by atoms with E-state index in [4.69, 9.17) is 28.9 Å². The molecule has 4 aliphatic heterocycles. The Balaban J connectivity index is 1.30. The second-order valence-electron chi connectivity index (χ2n) is 20.8. The lowest BCUT2D eigenvalue weighted by atomic mass is 9.93. The smallest absolute Gasteiger partial charge is 0.410 e. The van der Waals surface area contributed by atoms with Crippen molar-refractivity contribution in [2.45, 2.75) is 153 Å². The van der Waals surface area contributed by atoms with Crippen molar-refractivity contribution in [3.05, 3.63) is 53.6 Å². The van der Waals surface area contributed by atoms with Gasteiger partial charge in [-0.2, -0.15) is 9.97 Å². The first kappa shape index (κ1) is 46.9. The van der Waals surface area contributed by atoms with E-state index in [9.17, 15) is 9.18 Å². The van der Waals surface area contributed by atoms with Crippen molar-refractivity contribution >= 4 is 41.7 Å². The van der Waals surface area contributed by atoms with Gasteiger partial charge in [0, 0.05) is 49.0 Å². The average molecular weight is 914 g/mol. The number of piperazine rings is 1. The molecule has 0 spiro atoms. The summed E-state index contributed by atoms with van der Waals surface area (Å²) in [5.41, 5.74) is 4.29. The number of amides is 1. The van der Waals surface area contributed by atoms with Crippen LogP contribution < -0.4 is 14.4 Å². The van der Waals surface area contributed by atoms with E-state index < -0.39 is 37.0 Å². The molecule has 4 aliphatic rings. The van der Waals surface area contributed by atoms with Gasteiger partial charge in [-0.25, -0.2) is 18.0 Å². The summed E-state index contributed by atoms with van der Waals surface area (Å²) in [7, 11) is -0.793. The molecule has 4 fully saturated rings. The molecule has 14 heteroatoms. The van der Waals surface area contributed by atoms with Gasteiger partial charge in [-0.1, -0.05) is 59.6 Å². The molecular weight excluding hydrogens is 848 g/mol. The van der Waals surface area contributed by atoms with Crippen LogP contribution in [-0.2, 0) is 9.47 Å². The topological polar surface area (TPSA) is 89.5 Å². The first-order chi connectivity index (χ1) is 30.8. The Morgan fingerprint density at radius 2 is 1.71 bits per heavy atom. The summed E-state index contributed by atoms with van der Waals surface area (Å²) in [6, 6.07) is 9.55. The van der Waals surface area contributed by atoms with Crippen LogP contribution >= 0.6 is 0 Å². The van der Waals surface area contributed by atoms with Crippen molar-refractivity contribution < 1.29 is 36.9 Å². The zero-order valence-electron chi connectivity index (χ0n) is 40.0. The minimum Gasteiger partial charge on any atom is -0.468 e. The fraction of sp³-hybridized carbons (Fsp3) is 0.588. The lowest BCUT2D eigenvalue weighted by Crippen LogP contribution is -2.61. The van der Waals surface area contributed by atoms with Gasteiger partial charge in [-0.3, -0.25) is 9.80 Å². The second-order valence-corrected chi connectivity index (χ2v) is 26.4. The van der Waals surface area contributed by atoms with Crippen LogP contribution in [0.3, 0.4) is 0 Å². The number of hydrogen-bond donors (Lipinski definition) is 0. The van der Waals surface area contributed by atoms with Crippen molar-refractivity contribution in [1.82, 2.24) is 19.8 Å². The maximum Gasteiger partial charge on any atom is 0.410 e. The zero-order chi connectivity index (χ0) is 46.7. The molecule has 0 saturated carbocycles. The van der Waals surface area contributed by atoms with E-state index in [0.717, 1.165) is 32.2 Å². The highest BCUT2D eigenvalue weighted by Gasteiger charge is 2.51. The molecule has 1 amide bonds. The van der Waals surface area contributed by atoms with Crippen LogP contribution in [0, 0.1) is 23.1 Å². The molecule has 0 radical (unpaired) electrons. The Morgan fingerprint density at radius 1 is 0.969 bits per heavy atom. The van der Waals surface area contributed by atoms with E-state index in [1.807, 2.05) is 31.7 Å². The first-order valence-electron chi connectivity index (χ1n) is 23.5. The number of ether oxygens (including phenoxy) is 4. The zero-order valence-corrected chi connectivity index (χ0v) is 41.0. The Labute approximate surface area is 383 Å². The molecule has 0 aliphatic carbocycles. The lowest BCUT2D eigenvalue weighted by Gasteiger charge is -2.46. The number of carbonyl (C=O) groups excluding carboxylic acids is 1. The number of anilines is 1. The SMILES string of the molecule is COCOc1cc(-c2ccc3c(N4C[C@H]5CC[C@@H](C4C)N5C(=O)OC(C)(C)C)nc(OC[C@@]45CCCN4C[C@H](F)C5)nc3c2F)c2c(C#C[Si](C(C)C)(C(C)C)C(C)C)c(F)ccc2c1. The molecule has 4 aromatic rings. The molecule has 5 heterocycles. The summed E-state index contributed by atoms with van der Waals surface area (Å²) in [6.07, 6.45) is 2.33. The number of rotatable bonds is 11. The summed E-state index contributed by atoms with van der Waals surface area (Å²) < 4.78 is 72.9. The van der Waals surface area contributed by atoms with E-state index in [1.165, 1.54) is 13.2 Å². The van der Waals surface area contributed by atoms with Crippen molar-refractivity contribution in [3.63, 3.8) is 0 Å². The lowest BCUT2D eigenvalue weighted by molar-refractivity contribution is 0.00831. The number of fused-ring (bicyclic) bond motifs is 5. The normalized spacial score (nSPS) is 23.5. The van der Waals surface area contributed by atoms with Gasteiger partial charge >= 0.3 is 12.1 Å². The summed E-state index contributed by atoms with van der Waals surface area (Å²) in [5, 5.41) is 1.56. The number of alkyl halides is 1. The van der Waals surface area contributed by atoms with Gasteiger partial charge in [-0.15, -0.1) is 5.54 Å². The molecule has 10 nitrogen and oxygen atoms in total. The van der Waals surface area contributed by atoms with E-state index in [1.54, 1.807) is 24.3 Å². The molecule has 5 atom stereocenters. The number of hydrogen-bond acceptors (Lipinski definition) is 9. The quantitative estimate of drug-likeness (QED) is 0.0829. The highest BCUT2D eigenvalue weighted by molar-refractivity contribution is 6.90. The highest BCUT2D eigenvalue weighted by Crippen LogP contribution is 2.46. The highest BCUT2D eigenvalue weighted by atomic mass is 28.3. The van der Waals surface area contributed by atoms with Gasteiger partial charge in [0.1, 0.15) is 49.4 Å². The van der Waals surface area contributed by atoms with Crippen LogP contribution in [0.5, 0.6) is 11.8 Å². The molecule has 2 bridgehead atoms. The van der Waals surface area contributed by atoms with Crippen molar-refractivity contribution in [2.75, 3.05) is 45.0 Å². The van der Waals surface area contributed by atoms with Crippen molar-refractivity contribution in [1.29, 1.82) is 0 Å². The van der Waals surface area contributed by atoms with Crippen LogP contribution in [0.15, 0.2) is 36.4 Å². The summed E-state index contributed by atoms with van der Waals surface area (Å²) >= 11 is 0. The van der Waals surface area contributed by atoms with Crippen LogP contribution in [-0.4, -0.2) is 110 Å². The van der Waals surface area contributed by atoms with Gasteiger partial charge in [0.25, 0.3) is 0 Å². The third kappa shape index (κ3) is 8.54. The molecule has 0 N–H and O–H groups in total. The predicted molar refractivity (Wildman–Crippen MR) is 253 cm³/mol. The molecule has 4 saturated heterocycles. The van der Waals surface area contributed by atoms with Crippen molar-refractivity contribution in [3.8, 4) is 34.4 Å². The van der Waals surface area contributed by atoms with Crippen LogP contribution in [0.2, 0.25) is 16.6 Å². The fourth-order valence-corrected chi connectivity index (χ4v) is 17.1. The maximum atomic E-state index is 18.0. The first-order valence-corrected chi connectivity index (χ1v) is 25.7. The summed E-state index contributed by atoms with van der Waals surface area (Å²) in [5.74, 6) is 3.13. The standard InChI is InChI=1S/C51H66F3N5O5Si/c1-30(2)65(31(3)4,32(5)6)22-19-39-42(53)17-13-34-23-37(63-29-61-11)24-41(44(34)39)38-15-16-40-46(45(38)54)55-48(62-28-51-20-12-21-57(51)26-35(52)25-51)56-47(40)58-27-36-14-18-43(33(58)7)59(36)49(60)64-50(8,9)10/h13,15-17,23-24,30-33,35-36,43H,12,14,18,20-21,25-29H2,1-11H3/t33?,35-,36-,43+,51+/m1/s1. The fourth-order valence-electron chi connectivity index (χ4n) is 11.9. The number of aromatic nitrogens is 2. The van der Waals surface area contributed by atoms with E-state index in [0.29, 0.717) is 69.4 Å². The third-order valence-corrected chi connectivity index (χ3v) is 21.1. The Morgan fingerprint density at radius 3 is 2.40 bits per heavy atom. The van der Waals surface area contributed by atoms with Gasteiger partial charge in [0.15, 0.2) is 12.6 Å². The molecule has 350 valence electrons. The monoisotopic (exact) mass is 913 g/mol. The number of carbonyl (C=O) groups is 1. The minimum absolute atomic E-state index is 0.0156. The Kier molecular flexibility index (Phi) is 12.9. The molecular formula is C51H66F3N5O5Si. The largest absolute Gasteiger partial charge is 0.468 e. The summed E-state index contributed by atoms with van der Waals surface area (Å²) in [4.78, 5) is 29.6. The Hall–Kier alpha value is -4.58. The summed E-state index contributed by atoms with van der Waals surface area (Å²) in [6.45, 7) is 22.6. The van der Waals surface area contributed by atoms with Crippen molar-refractivity contribution in [2.24, 2.45) is 0 Å². The second kappa shape index (κ2) is 17.9. The van der Waals surface area contributed by atoms with Crippen LogP contribution in [0.25, 0.3) is 32.8 Å². The average Bonchev–Trinajstić information content (AvgIpc) is 3.89. The van der Waals surface area contributed by atoms with Crippen LogP contribution in [0.4, 0.5) is 23.8 Å². The van der Waals surface area contributed by atoms with Gasteiger partial charge < -0.3 is 23.8 Å². The molecule has 65 heavy (non-hydrogen) atoms. The van der Waals surface area contributed by atoms with E-state index in [2.05, 4.69) is 69.7 Å².